The number of carbonyl (C=O) groups excluding carboxylic acids is 1. The molecule has 0 fully saturated rings. The third-order valence-electron chi connectivity index (χ3n) is 2.25. The van der Waals surface area contributed by atoms with Crippen LogP contribution in [0.5, 0.6) is 5.75 Å². The molecule has 1 amide bonds. The van der Waals surface area contributed by atoms with Gasteiger partial charge < -0.3 is 15.6 Å². The zero-order chi connectivity index (χ0) is 13.4. The molecule has 0 aromatic carbocycles. The number of aliphatic hydroxyl groups excluding tert-OH is 1. The Hall–Kier alpha value is -2.06. The van der Waals surface area contributed by atoms with Crippen molar-refractivity contribution in [1.29, 1.82) is 0 Å². The fourth-order valence-corrected chi connectivity index (χ4v) is 1.46. The molecule has 1 heterocycles. The minimum atomic E-state index is -0.896. The van der Waals surface area contributed by atoms with Gasteiger partial charge in [0.1, 0.15) is 6.61 Å². The van der Waals surface area contributed by atoms with Crippen molar-refractivity contribution in [2.45, 2.75) is 26.2 Å². The summed E-state index contributed by atoms with van der Waals surface area (Å²) in [6.45, 7) is 1.80. The minimum Gasteiger partial charge on any atom is -0.407 e. The summed E-state index contributed by atoms with van der Waals surface area (Å²) >= 11 is 0. The van der Waals surface area contributed by atoms with Gasteiger partial charge >= 0.3 is 6.09 Å². The standard InChI is InChI=1S/C13H16N2O3/c1-2-3-6-11-12(18-13(14)17)10(5-4-9-16)7-8-15-11/h7-8,16H,2-3,6,9H2,1H3,(H2,14,17). The zero-order valence-corrected chi connectivity index (χ0v) is 10.3. The first-order valence-corrected chi connectivity index (χ1v) is 5.74. The molecule has 0 bridgehead atoms. The summed E-state index contributed by atoms with van der Waals surface area (Å²) in [5.74, 6) is 5.51. The van der Waals surface area contributed by atoms with Crippen molar-refractivity contribution in [3.05, 3.63) is 23.5 Å². The summed E-state index contributed by atoms with van der Waals surface area (Å²) in [7, 11) is 0. The molecular weight excluding hydrogens is 232 g/mol. The number of hydrogen-bond donors (Lipinski definition) is 2. The van der Waals surface area contributed by atoms with Crippen LogP contribution in [-0.4, -0.2) is 22.8 Å². The lowest BCUT2D eigenvalue weighted by atomic mass is 10.1. The summed E-state index contributed by atoms with van der Waals surface area (Å²) < 4.78 is 4.96. The van der Waals surface area contributed by atoms with Crippen molar-refractivity contribution in [2.24, 2.45) is 5.73 Å². The number of primary amides is 1. The second-order valence-electron chi connectivity index (χ2n) is 3.62. The molecule has 18 heavy (non-hydrogen) atoms. The molecule has 0 unspecified atom stereocenters. The summed E-state index contributed by atoms with van der Waals surface area (Å²) in [6, 6.07) is 1.62. The molecule has 0 aliphatic heterocycles. The lowest BCUT2D eigenvalue weighted by Crippen LogP contribution is -2.18. The van der Waals surface area contributed by atoms with Crippen LogP contribution in [0.2, 0.25) is 0 Å². The molecule has 96 valence electrons. The largest absolute Gasteiger partial charge is 0.410 e. The van der Waals surface area contributed by atoms with Gasteiger partial charge in [0.05, 0.1) is 11.3 Å². The van der Waals surface area contributed by atoms with E-state index in [2.05, 4.69) is 23.7 Å². The van der Waals surface area contributed by atoms with Crippen molar-refractivity contribution in [3.8, 4) is 17.6 Å². The molecular formula is C13H16N2O3. The Balaban J connectivity index is 3.11. The maximum absolute atomic E-state index is 10.9. The molecule has 3 N–H and O–H groups in total. The number of aliphatic hydroxyl groups is 1. The number of carbonyl (C=O) groups is 1. The predicted molar refractivity (Wildman–Crippen MR) is 67.0 cm³/mol. The van der Waals surface area contributed by atoms with Gasteiger partial charge in [-0.05, 0) is 18.9 Å². The summed E-state index contributed by atoms with van der Waals surface area (Å²) in [5, 5.41) is 8.69. The Bertz CT molecular complexity index is 475. The van der Waals surface area contributed by atoms with Crippen LogP contribution in [0.15, 0.2) is 12.3 Å². The highest BCUT2D eigenvalue weighted by Crippen LogP contribution is 2.23. The Morgan fingerprint density at radius 3 is 3.00 bits per heavy atom. The minimum absolute atomic E-state index is 0.261. The SMILES string of the molecule is CCCCc1nccc(C#CCO)c1OC(N)=O. The van der Waals surface area contributed by atoms with Crippen molar-refractivity contribution < 1.29 is 14.6 Å². The highest BCUT2D eigenvalue weighted by molar-refractivity contribution is 5.70. The number of amides is 1. The molecule has 0 saturated carbocycles. The summed E-state index contributed by atoms with van der Waals surface area (Å²) in [5.41, 5.74) is 6.19. The average Bonchev–Trinajstić information content (AvgIpc) is 2.35. The van der Waals surface area contributed by atoms with Gasteiger partial charge in [0, 0.05) is 6.20 Å². The lowest BCUT2D eigenvalue weighted by molar-refractivity contribution is 0.210. The van der Waals surface area contributed by atoms with Crippen molar-refractivity contribution in [1.82, 2.24) is 4.98 Å². The van der Waals surface area contributed by atoms with Crippen molar-refractivity contribution in [3.63, 3.8) is 0 Å². The van der Waals surface area contributed by atoms with Crippen LogP contribution >= 0.6 is 0 Å². The lowest BCUT2D eigenvalue weighted by Gasteiger charge is -2.09. The number of nitrogens with zero attached hydrogens (tertiary/aromatic N) is 1. The number of unbranched alkanes of at least 4 members (excludes halogenated alkanes) is 1. The monoisotopic (exact) mass is 248 g/mol. The van der Waals surface area contributed by atoms with Crippen molar-refractivity contribution in [2.75, 3.05) is 6.61 Å². The molecule has 0 aliphatic rings. The number of aromatic nitrogens is 1. The summed E-state index contributed by atoms with van der Waals surface area (Å²) in [6.07, 6.45) is 3.32. The van der Waals surface area contributed by atoms with E-state index < -0.39 is 6.09 Å². The first-order chi connectivity index (χ1) is 8.69. The first-order valence-electron chi connectivity index (χ1n) is 5.74. The number of aryl methyl sites for hydroxylation is 1. The highest BCUT2D eigenvalue weighted by atomic mass is 16.5. The van der Waals surface area contributed by atoms with Gasteiger partial charge in [0.2, 0.25) is 0 Å². The molecule has 0 saturated heterocycles. The van der Waals surface area contributed by atoms with E-state index in [1.807, 2.05) is 0 Å². The maximum atomic E-state index is 10.9. The quantitative estimate of drug-likeness (QED) is 0.785. The van der Waals surface area contributed by atoms with E-state index in [4.69, 9.17) is 15.6 Å². The van der Waals surface area contributed by atoms with E-state index in [9.17, 15) is 4.79 Å². The van der Waals surface area contributed by atoms with Gasteiger partial charge in [-0.15, -0.1) is 0 Å². The van der Waals surface area contributed by atoms with Crippen LogP contribution in [0.3, 0.4) is 0 Å². The molecule has 5 nitrogen and oxygen atoms in total. The van der Waals surface area contributed by atoms with Crippen molar-refractivity contribution >= 4 is 6.09 Å². The van der Waals surface area contributed by atoms with Gasteiger partial charge in [0.15, 0.2) is 5.75 Å². The van der Waals surface area contributed by atoms with Gasteiger partial charge in [-0.25, -0.2) is 4.79 Å². The first kappa shape index (κ1) is 14.0. The van der Waals surface area contributed by atoms with E-state index in [0.717, 1.165) is 12.8 Å². The Morgan fingerprint density at radius 1 is 1.61 bits per heavy atom. The third kappa shape index (κ3) is 4.07. The van der Waals surface area contributed by atoms with Crippen LogP contribution in [-0.2, 0) is 6.42 Å². The number of ether oxygens (including phenoxy) is 1. The fourth-order valence-electron chi connectivity index (χ4n) is 1.46. The topological polar surface area (TPSA) is 85.4 Å². The summed E-state index contributed by atoms with van der Waals surface area (Å²) in [4.78, 5) is 15.1. The second kappa shape index (κ2) is 7.30. The van der Waals surface area contributed by atoms with Gasteiger partial charge in [-0.3, -0.25) is 4.98 Å². The molecule has 0 spiro atoms. The smallest absolute Gasteiger partial charge is 0.407 e. The number of nitrogens with two attached hydrogens (primary N) is 1. The highest BCUT2D eigenvalue weighted by Gasteiger charge is 2.12. The molecule has 0 aliphatic carbocycles. The van der Waals surface area contributed by atoms with Crippen LogP contribution in [0.4, 0.5) is 4.79 Å². The van der Waals surface area contributed by atoms with Crippen LogP contribution in [0, 0.1) is 11.8 Å². The molecule has 0 radical (unpaired) electrons. The molecule has 1 rings (SSSR count). The fraction of sp³-hybridized carbons (Fsp3) is 0.385. The number of rotatable bonds is 4. The van der Waals surface area contributed by atoms with E-state index in [1.54, 1.807) is 12.3 Å². The Morgan fingerprint density at radius 2 is 2.39 bits per heavy atom. The maximum Gasteiger partial charge on any atom is 0.410 e. The molecule has 0 atom stereocenters. The van der Waals surface area contributed by atoms with Gasteiger partial charge in [-0.2, -0.15) is 0 Å². The second-order valence-corrected chi connectivity index (χ2v) is 3.62. The zero-order valence-electron chi connectivity index (χ0n) is 10.3. The normalized spacial score (nSPS) is 9.44. The van der Waals surface area contributed by atoms with Gasteiger partial charge in [0.25, 0.3) is 0 Å². The Kier molecular flexibility index (Phi) is 5.68. The van der Waals surface area contributed by atoms with Crippen LogP contribution in [0.1, 0.15) is 31.0 Å². The van der Waals surface area contributed by atoms with E-state index in [-0.39, 0.29) is 6.61 Å². The van der Waals surface area contributed by atoms with Gasteiger partial charge in [-0.1, -0.05) is 25.2 Å². The predicted octanol–water partition coefficient (Wildman–Crippen LogP) is 1.23. The number of pyridine rings is 1. The molecule has 1 aromatic rings. The third-order valence-corrected chi connectivity index (χ3v) is 2.25. The molecule has 5 heteroatoms. The van der Waals surface area contributed by atoms with Crippen LogP contribution in [0.25, 0.3) is 0 Å². The number of hydrogen-bond acceptors (Lipinski definition) is 4. The Labute approximate surface area is 106 Å². The molecule has 1 aromatic heterocycles. The van der Waals surface area contributed by atoms with Crippen LogP contribution < -0.4 is 10.5 Å². The van der Waals surface area contributed by atoms with E-state index in [1.165, 1.54) is 0 Å². The van der Waals surface area contributed by atoms with E-state index >= 15 is 0 Å². The average molecular weight is 248 g/mol. The van der Waals surface area contributed by atoms with E-state index in [0.29, 0.717) is 23.4 Å².